The van der Waals surface area contributed by atoms with Crippen LogP contribution in [0.15, 0.2) is 39.0 Å². The number of amides is 2. The van der Waals surface area contributed by atoms with Gasteiger partial charge >= 0.3 is 0 Å². The molecule has 3 fully saturated rings. The number of thiazole rings is 6. The van der Waals surface area contributed by atoms with E-state index in [-0.39, 0.29) is 58.5 Å². The van der Waals surface area contributed by atoms with E-state index in [1.807, 2.05) is 38.5 Å². The van der Waals surface area contributed by atoms with Gasteiger partial charge in [0.05, 0.1) is 73.6 Å². The third-order valence-electron chi connectivity index (χ3n) is 13.7. The summed E-state index contributed by atoms with van der Waals surface area (Å²) in [5.74, 6) is 0.737. The first-order valence-corrected chi connectivity index (χ1v) is 32.0. The van der Waals surface area contributed by atoms with E-state index in [0.717, 1.165) is 83.7 Å². The van der Waals surface area contributed by atoms with Gasteiger partial charge in [-0.05, 0) is 53.5 Å². The normalized spacial score (nSPS) is 15.7. The van der Waals surface area contributed by atoms with Crippen LogP contribution in [0.2, 0.25) is 5.02 Å². The van der Waals surface area contributed by atoms with Gasteiger partial charge in [-0.2, -0.15) is 0 Å². The highest BCUT2D eigenvalue weighted by Crippen LogP contribution is 2.40. The summed E-state index contributed by atoms with van der Waals surface area (Å²) >= 11 is 15.1. The first kappa shape index (κ1) is 60.5. The van der Waals surface area contributed by atoms with Crippen molar-refractivity contribution < 1.29 is 38.2 Å². The summed E-state index contributed by atoms with van der Waals surface area (Å²) in [6, 6.07) is 2.14. The van der Waals surface area contributed by atoms with Crippen LogP contribution in [0.3, 0.4) is 0 Å². The van der Waals surface area contributed by atoms with Crippen LogP contribution in [0.5, 0.6) is 5.88 Å². The molecular formula is C55H61ClN12O8S6. The summed E-state index contributed by atoms with van der Waals surface area (Å²) in [7, 11) is 1.74. The number of piperazine rings is 1. The molecule has 1 saturated carbocycles. The molecule has 82 heavy (non-hydrogen) atoms. The van der Waals surface area contributed by atoms with Crippen LogP contribution in [0, 0.1) is 40.5 Å². The number of carbonyl (C=O) groups excluding carboxylic acids is 5. The number of ether oxygens (including phenoxy) is 1. The van der Waals surface area contributed by atoms with E-state index in [1.165, 1.54) is 96.6 Å². The molecule has 8 aromatic rings. The third kappa shape index (κ3) is 15.4. The van der Waals surface area contributed by atoms with E-state index in [2.05, 4.69) is 50.0 Å². The molecule has 1 atom stereocenters. The van der Waals surface area contributed by atoms with Gasteiger partial charge in [0.1, 0.15) is 48.0 Å². The maximum absolute atomic E-state index is 12.9. The van der Waals surface area contributed by atoms with Gasteiger partial charge in [0.25, 0.3) is 5.91 Å². The number of ketones is 3. The zero-order valence-electron chi connectivity index (χ0n) is 46.3. The number of aromatic nitrogens is 8. The van der Waals surface area contributed by atoms with Crippen molar-refractivity contribution in [2.75, 3.05) is 56.8 Å². The highest BCUT2D eigenvalue weighted by atomic mass is 35.5. The molecule has 0 spiro atoms. The molecular weight excluding hydrogens is 1180 g/mol. The molecule has 11 rings (SSSR count). The number of anilines is 2. The lowest BCUT2D eigenvalue weighted by Crippen LogP contribution is -2.50. The number of oxazole rings is 1. The first-order valence-electron chi connectivity index (χ1n) is 26.5. The minimum absolute atomic E-state index is 0.0446. The monoisotopic (exact) mass is 1240 g/mol. The Hall–Kier alpha value is -6.10. The number of aryl methyl sites for hydroxylation is 5. The number of nitrogens with zero attached hydrogens (tertiary/aromatic N) is 11. The van der Waals surface area contributed by atoms with E-state index in [4.69, 9.17) is 30.8 Å². The molecule has 1 aliphatic carbocycles. The number of halogens is 1. The molecule has 432 valence electrons. The smallest absolute Gasteiger partial charge is 0.259 e. The van der Waals surface area contributed by atoms with Crippen molar-refractivity contribution in [2.24, 2.45) is 5.92 Å². The van der Waals surface area contributed by atoms with E-state index in [1.54, 1.807) is 53.1 Å². The summed E-state index contributed by atoms with van der Waals surface area (Å²) < 4.78 is 10.7. The molecule has 8 aromatic heterocycles. The number of nitrogens with one attached hydrogen (secondary N) is 1. The van der Waals surface area contributed by atoms with Crippen LogP contribution in [0.25, 0.3) is 32.6 Å². The molecule has 2 amide bonds. The fourth-order valence-electron chi connectivity index (χ4n) is 9.70. The highest BCUT2D eigenvalue weighted by molar-refractivity contribution is 7.20. The molecule has 2 saturated heterocycles. The predicted molar refractivity (Wildman–Crippen MR) is 322 cm³/mol. The van der Waals surface area contributed by atoms with Crippen molar-refractivity contribution in [1.82, 2.24) is 49.7 Å². The summed E-state index contributed by atoms with van der Waals surface area (Å²) in [4.78, 5) is 104. The number of carbonyl (C=O) groups is 5. The number of Topliss-reactive ketones (excluding diaryl/α,β-unsaturated/α-hetero) is 3. The quantitative estimate of drug-likeness (QED) is 0.0635. The Bertz CT molecular complexity index is 3570. The van der Waals surface area contributed by atoms with Crippen LogP contribution in [0.4, 0.5) is 10.1 Å². The average Bonchev–Trinajstić information content (AvgIpc) is 4.39. The maximum atomic E-state index is 12.9. The molecule has 27 heteroatoms. The number of hydrogen-bond donors (Lipinski definition) is 2. The minimum atomic E-state index is -0.557. The zero-order chi connectivity index (χ0) is 58.2. The van der Waals surface area contributed by atoms with Gasteiger partial charge in [0.15, 0.2) is 29.4 Å². The topological polar surface area (TPSA) is 253 Å². The standard InChI is InChI=1S/C24H29ClN6O4S.C16H15N3O2S3.C15H17N3O2S2/c1-15-26-13-19(35-15)20-23(31-9-7-30(8-10-31)17-5-3-2-4-6-17)36-24(28-20)29-21(33)16-11-18(25)22(27-12-16)34-14-32;1-8(20)4-14-18-11(6-22-14)13(21)5-15-19-12(7-23-15)16-9(2)17-10(3)24-16;1-8-15(22-9(2)16-8)11-7-21-13(17-11)5-12(19)10-4-14(20)18(3)6-10/h11-13,17,32H,2-10,14H2,1H3,(H,28,29,33);6-7H,4-5H2,1-3H3;7,10H,4-6H2,1-3H3. The Balaban J connectivity index is 0.000000155. The SMILES string of the molecule is CC(=O)Cc1nc(C(=O)Cc2nc(-c3sc(C)nc3C)cs2)cs1.Cc1nc(C)c(-c2csc(CC(=O)C3CC(=O)N(C)C3)n2)s1.Cc1ncc(-c2nc(NC(=O)c3cnc(OCO)c(Cl)c3)sc2N2CCN(C3CCCCC3)CC2)o1. The van der Waals surface area contributed by atoms with Crippen LogP contribution in [-0.4, -0.2) is 137 Å². The van der Waals surface area contributed by atoms with Gasteiger partial charge < -0.3 is 24.1 Å². The summed E-state index contributed by atoms with van der Waals surface area (Å²) in [6.45, 7) is 15.0. The van der Waals surface area contributed by atoms with Crippen molar-refractivity contribution in [3.05, 3.63) is 93.2 Å². The number of aliphatic hydroxyl groups is 1. The first-order chi connectivity index (χ1) is 39.4. The second-order valence-electron chi connectivity index (χ2n) is 19.9. The average molecular weight is 1250 g/mol. The number of aliphatic hydroxyl groups excluding tert-OH is 1. The molecule has 2 aliphatic heterocycles. The number of pyridine rings is 1. The second kappa shape index (κ2) is 27.5. The molecule has 0 radical (unpaired) electrons. The maximum Gasteiger partial charge on any atom is 0.259 e. The van der Waals surface area contributed by atoms with Crippen LogP contribution in [0.1, 0.15) is 109 Å². The Morgan fingerprint density at radius 1 is 0.780 bits per heavy atom. The molecule has 0 bridgehead atoms. The number of likely N-dealkylation sites (tertiary alicyclic amines) is 1. The fourth-order valence-corrected chi connectivity index (χ4v) is 15.3. The van der Waals surface area contributed by atoms with E-state index in [9.17, 15) is 24.0 Å². The Labute approximate surface area is 503 Å². The number of hydrogen-bond acceptors (Lipinski definition) is 24. The lowest BCUT2D eigenvalue weighted by Gasteiger charge is -2.41. The molecule has 10 heterocycles. The molecule has 3 aliphatic rings. The molecule has 0 aromatic carbocycles. The van der Waals surface area contributed by atoms with Crippen molar-refractivity contribution in [1.29, 1.82) is 0 Å². The van der Waals surface area contributed by atoms with Gasteiger partial charge in [-0.25, -0.2) is 39.9 Å². The molecule has 2 N–H and O–H groups in total. The van der Waals surface area contributed by atoms with Crippen molar-refractivity contribution in [3.63, 3.8) is 0 Å². The minimum Gasteiger partial charge on any atom is -0.450 e. The lowest BCUT2D eigenvalue weighted by atomic mass is 9.94. The highest BCUT2D eigenvalue weighted by Gasteiger charge is 2.33. The van der Waals surface area contributed by atoms with Crippen LogP contribution < -0.4 is 15.0 Å². The van der Waals surface area contributed by atoms with Crippen molar-refractivity contribution in [2.45, 2.75) is 105 Å². The van der Waals surface area contributed by atoms with Crippen molar-refractivity contribution >= 4 is 119 Å². The van der Waals surface area contributed by atoms with Gasteiger partial charge in [0.2, 0.25) is 11.8 Å². The largest absolute Gasteiger partial charge is 0.450 e. The van der Waals surface area contributed by atoms with E-state index >= 15 is 0 Å². The Morgan fingerprint density at radius 2 is 1.41 bits per heavy atom. The van der Waals surface area contributed by atoms with Gasteiger partial charge in [-0.15, -0.1) is 56.7 Å². The van der Waals surface area contributed by atoms with Crippen LogP contribution in [-0.2, 0) is 33.6 Å². The lowest BCUT2D eigenvalue weighted by molar-refractivity contribution is -0.127. The Morgan fingerprint density at radius 3 is 1.98 bits per heavy atom. The summed E-state index contributed by atoms with van der Waals surface area (Å²) in [5.41, 5.74) is 5.06. The van der Waals surface area contributed by atoms with Gasteiger partial charge in [-0.1, -0.05) is 42.2 Å². The second-order valence-corrected chi connectivity index (χ2v) is 26.6. The van der Waals surface area contributed by atoms with E-state index < -0.39 is 12.7 Å². The third-order valence-corrected chi connectivity index (χ3v) is 19.7. The van der Waals surface area contributed by atoms with Crippen LogP contribution >= 0.6 is 79.6 Å². The predicted octanol–water partition coefficient (Wildman–Crippen LogP) is 10.6. The van der Waals surface area contributed by atoms with Crippen molar-refractivity contribution in [3.8, 4) is 38.5 Å². The summed E-state index contributed by atoms with van der Waals surface area (Å²) in [6.07, 6.45) is 10.8. The van der Waals surface area contributed by atoms with E-state index in [0.29, 0.717) is 58.6 Å². The Kier molecular flexibility index (Phi) is 20.3. The summed E-state index contributed by atoms with van der Waals surface area (Å²) in [5, 5.41) is 23.2. The molecule has 1 unspecified atom stereocenters. The zero-order valence-corrected chi connectivity index (χ0v) is 51.9. The number of rotatable bonds is 17. The van der Waals surface area contributed by atoms with Gasteiger partial charge in [-0.3, -0.25) is 34.2 Å². The fraction of sp³-hybridized carbons (Fsp3) is 0.436. The van der Waals surface area contributed by atoms with Gasteiger partial charge in [0, 0.05) is 87.4 Å². The molecule has 20 nitrogen and oxygen atoms in total.